The Morgan fingerprint density at radius 2 is 1.63 bits per heavy atom. The Kier molecular flexibility index (Phi) is 6.14. The molecule has 0 spiro atoms. The summed E-state index contributed by atoms with van der Waals surface area (Å²) < 4.78 is 5.63. The predicted molar refractivity (Wildman–Crippen MR) is 120 cm³/mol. The Morgan fingerprint density at radius 1 is 0.767 bits per heavy atom. The monoisotopic (exact) mass is 395 g/mol. The van der Waals surface area contributed by atoms with Gasteiger partial charge in [0, 0.05) is 53.6 Å². The van der Waals surface area contributed by atoms with Crippen LogP contribution in [0.15, 0.2) is 79.4 Å². The molecule has 1 aromatic carbocycles. The van der Waals surface area contributed by atoms with Crippen LogP contribution in [0.25, 0.3) is 11.1 Å². The van der Waals surface area contributed by atoms with Gasteiger partial charge in [-0.05, 0) is 43.0 Å². The normalized spacial score (nSPS) is 10.7. The van der Waals surface area contributed by atoms with E-state index in [1.165, 1.54) is 5.56 Å². The molecule has 0 saturated carbocycles. The van der Waals surface area contributed by atoms with Crippen LogP contribution in [0.2, 0.25) is 0 Å². The maximum atomic E-state index is 5.63. The highest BCUT2D eigenvalue weighted by molar-refractivity contribution is 5.73. The summed E-state index contributed by atoms with van der Waals surface area (Å²) >= 11 is 0. The van der Waals surface area contributed by atoms with Crippen molar-refractivity contribution in [1.29, 1.82) is 0 Å². The Labute approximate surface area is 177 Å². The standard InChI is InChI=1S/C26H25N3O/c1-19-16-27-18-24(26(19)30-2)23-9-6-14-28-25(23)15-21-11-13-22(29-17-21)12-10-20-7-4-3-5-8-20/h3-9,11,13-14,16-18H,10,12,15H2,1-2H3. The molecule has 0 fully saturated rings. The van der Waals surface area contributed by atoms with Crippen molar-refractivity contribution in [1.82, 2.24) is 15.0 Å². The lowest BCUT2D eigenvalue weighted by Crippen LogP contribution is -2.00. The van der Waals surface area contributed by atoms with Gasteiger partial charge in [0.25, 0.3) is 0 Å². The summed E-state index contributed by atoms with van der Waals surface area (Å²) in [6.45, 7) is 2.00. The second-order valence-corrected chi connectivity index (χ2v) is 7.36. The van der Waals surface area contributed by atoms with Crippen LogP contribution in [-0.2, 0) is 19.3 Å². The first-order chi connectivity index (χ1) is 14.7. The van der Waals surface area contributed by atoms with E-state index in [2.05, 4.69) is 57.4 Å². The molecule has 0 radical (unpaired) electrons. The predicted octanol–water partition coefficient (Wildman–Crippen LogP) is 5.23. The van der Waals surface area contributed by atoms with Gasteiger partial charge in [-0.3, -0.25) is 15.0 Å². The van der Waals surface area contributed by atoms with Gasteiger partial charge in [-0.15, -0.1) is 0 Å². The van der Waals surface area contributed by atoms with Gasteiger partial charge in [-0.2, -0.15) is 0 Å². The Balaban J connectivity index is 1.52. The molecule has 3 aromatic heterocycles. The molecular formula is C26H25N3O. The van der Waals surface area contributed by atoms with Gasteiger partial charge in [0.2, 0.25) is 0 Å². The van der Waals surface area contributed by atoms with Crippen LogP contribution in [0.3, 0.4) is 0 Å². The second kappa shape index (κ2) is 9.31. The molecule has 0 atom stereocenters. The van der Waals surface area contributed by atoms with E-state index in [-0.39, 0.29) is 0 Å². The first-order valence-electron chi connectivity index (χ1n) is 10.1. The van der Waals surface area contributed by atoms with Crippen molar-refractivity contribution >= 4 is 0 Å². The molecular weight excluding hydrogens is 370 g/mol. The van der Waals surface area contributed by atoms with E-state index >= 15 is 0 Å². The number of hydrogen-bond donors (Lipinski definition) is 0. The maximum Gasteiger partial charge on any atom is 0.132 e. The molecule has 4 nitrogen and oxygen atoms in total. The van der Waals surface area contributed by atoms with Crippen LogP contribution in [0.5, 0.6) is 5.75 Å². The van der Waals surface area contributed by atoms with E-state index in [1.807, 2.05) is 43.8 Å². The van der Waals surface area contributed by atoms with Crippen molar-refractivity contribution in [2.45, 2.75) is 26.2 Å². The minimum Gasteiger partial charge on any atom is -0.496 e. The fourth-order valence-corrected chi connectivity index (χ4v) is 3.66. The van der Waals surface area contributed by atoms with Gasteiger partial charge in [0.1, 0.15) is 5.75 Å². The van der Waals surface area contributed by atoms with Crippen LogP contribution < -0.4 is 4.74 Å². The lowest BCUT2D eigenvalue weighted by Gasteiger charge is -2.14. The molecule has 0 amide bonds. The average molecular weight is 396 g/mol. The topological polar surface area (TPSA) is 47.9 Å². The Bertz CT molecular complexity index is 1110. The number of benzene rings is 1. The number of pyridine rings is 3. The Morgan fingerprint density at radius 3 is 2.40 bits per heavy atom. The fourth-order valence-electron chi connectivity index (χ4n) is 3.66. The highest BCUT2D eigenvalue weighted by atomic mass is 16.5. The van der Waals surface area contributed by atoms with Gasteiger partial charge in [0.15, 0.2) is 0 Å². The molecule has 0 aliphatic carbocycles. The van der Waals surface area contributed by atoms with Crippen LogP contribution in [-0.4, -0.2) is 22.1 Å². The molecule has 4 rings (SSSR count). The zero-order valence-electron chi connectivity index (χ0n) is 17.4. The van der Waals surface area contributed by atoms with Crippen molar-refractivity contribution in [3.8, 4) is 16.9 Å². The minimum atomic E-state index is 0.708. The van der Waals surface area contributed by atoms with Crippen LogP contribution >= 0.6 is 0 Å². The number of methoxy groups -OCH3 is 1. The maximum absolute atomic E-state index is 5.63. The second-order valence-electron chi connectivity index (χ2n) is 7.36. The molecule has 0 N–H and O–H groups in total. The zero-order chi connectivity index (χ0) is 20.8. The van der Waals surface area contributed by atoms with E-state index in [1.54, 1.807) is 7.11 Å². The molecule has 150 valence electrons. The molecule has 4 heteroatoms. The summed E-state index contributed by atoms with van der Waals surface area (Å²) in [5.74, 6) is 0.841. The van der Waals surface area contributed by atoms with Crippen molar-refractivity contribution in [3.05, 3.63) is 107 Å². The van der Waals surface area contributed by atoms with Crippen molar-refractivity contribution in [2.75, 3.05) is 7.11 Å². The summed E-state index contributed by atoms with van der Waals surface area (Å²) in [6, 6.07) is 18.8. The summed E-state index contributed by atoms with van der Waals surface area (Å²) in [5, 5.41) is 0. The summed E-state index contributed by atoms with van der Waals surface area (Å²) in [5.41, 5.74) is 7.58. The van der Waals surface area contributed by atoms with Gasteiger partial charge in [-0.25, -0.2) is 0 Å². The lowest BCUT2D eigenvalue weighted by atomic mass is 9.99. The number of nitrogens with zero attached hydrogens (tertiary/aromatic N) is 3. The molecule has 3 heterocycles. The number of ether oxygens (including phenoxy) is 1. The molecule has 0 bridgehead atoms. The summed E-state index contributed by atoms with van der Waals surface area (Å²) in [7, 11) is 1.69. The van der Waals surface area contributed by atoms with Crippen molar-refractivity contribution < 1.29 is 4.74 Å². The third-order valence-electron chi connectivity index (χ3n) is 5.23. The van der Waals surface area contributed by atoms with Crippen molar-refractivity contribution in [3.63, 3.8) is 0 Å². The van der Waals surface area contributed by atoms with E-state index < -0.39 is 0 Å². The number of aryl methyl sites for hydroxylation is 3. The zero-order valence-corrected chi connectivity index (χ0v) is 17.4. The third-order valence-corrected chi connectivity index (χ3v) is 5.23. The highest BCUT2D eigenvalue weighted by Crippen LogP contribution is 2.33. The first-order valence-corrected chi connectivity index (χ1v) is 10.1. The number of aromatic nitrogens is 3. The van der Waals surface area contributed by atoms with Gasteiger partial charge < -0.3 is 4.74 Å². The fraction of sp³-hybridized carbons (Fsp3) is 0.192. The molecule has 0 saturated heterocycles. The summed E-state index contributed by atoms with van der Waals surface area (Å²) in [6.07, 6.45) is 10.1. The van der Waals surface area contributed by atoms with Gasteiger partial charge >= 0.3 is 0 Å². The highest BCUT2D eigenvalue weighted by Gasteiger charge is 2.14. The Hall–Kier alpha value is -3.53. The van der Waals surface area contributed by atoms with E-state index in [0.717, 1.165) is 52.2 Å². The van der Waals surface area contributed by atoms with Crippen LogP contribution in [0, 0.1) is 6.92 Å². The quantitative estimate of drug-likeness (QED) is 0.430. The van der Waals surface area contributed by atoms with Crippen molar-refractivity contribution in [2.24, 2.45) is 0 Å². The van der Waals surface area contributed by atoms with Crippen LogP contribution in [0.1, 0.15) is 28.1 Å². The van der Waals surface area contributed by atoms with Crippen LogP contribution in [0.4, 0.5) is 0 Å². The van der Waals surface area contributed by atoms with Gasteiger partial charge in [-0.1, -0.05) is 42.5 Å². The molecule has 30 heavy (non-hydrogen) atoms. The van der Waals surface area contributed by atoms with E-state index in [9.17, 15) is 0 Å². The smallest absolute Gasteiger partial charge is 0.132 e. The third kappa shape index (κ3) is 4.54. The van der Waals surface area contributed by atoms with E-state index in [0.29, 0.717) is 6.42 Å². The van der Waals surface area contributed by atoms with E-state index in [4.69, 9.17) is 4.74 Å². The molecule has 0 aliphatic rings. The SMILES string of the molecule is COc1c(C)cncc1-c1cccnc1Cc1ccc(CCc2ccccc2)nc1. The molecule has 0 aliphatic heterocycles. The summed E-state index contributed by atoms with van der Waals surface area (Å²) in [4.78, 5) is 13.7. The number of hydrogen-bond acceptors (Lipinski definition) is 4. The lowest BCUT2D eigenvalue weighted by molar-refractivity contribution is 0.412. The molecule has 0 unspecified atom stereocenters. The number of rotatable bonds is 7. The average Bonchev–Trinajstić information content (AvgIpc) is 2.79. The van der Waals surface area contributed by atoms with Gasteiger partial charge in [0.05, 0.1) is 12.8 Å². The minimum absolute atomic E-state index is 0.708. The molecule has 4 aromatic rings. The largest absolute Gasteiger partial charge is 0.496 e. The first kappa shape index (κ1) is 19.8.